The lowest BCUT2D eigenvalue weighted by Crippen LogP contribution is -2.13. The Bertz CT molecular complexity index is 755. The van der Waals surface area contributed by atoms with Gasteiger partial charge in [0, 0.05) is 23.6 Å². The number of hydrogen-bond donors (Lipinski definition) is 2. The largest absolute Gasteiger partial charge is 0.320 e. The number of hydrogen-bond acceptors (Lipinski definition) is 4. The minimum Gasteiger partial charge on any atom is -0.320 e. The summed E-state index contributed by atoms with van der Waals surface area (Å²) in [4.78, 5) is 16.1. The van der Waals surface area contributed by atoms with E-state index in [1.54, 1.807) is 24.5 Å². The first-order valence-corrected chi connectivity index (χ1v) is 6.12. The van der Waals surface area contributed by atoms with Gasteiger partial charge in [0.25, 0.3) is 5.91 Å². The van der Waals surface area contributed by atoms with Crippen molar-refractivity contribution in [3.05, 3.63) is 60.3 Å². The topological polar surface area (TPSA) is 83.6 Å². The first-order valence-electron chi connectivity index (χ1n) is 6.12. The van der Waals surface area contributed by atoms with E-state index in [9.17, 15) is 9.18 Å². The molecular formula is C14H10FN5O. The van der Waals surface area contributed by atoms with Crippen LogP contribution in [0.4, 0.5) is 10.1 Å². The van der Waals surface area contributed by atoms with E-state index in [1.165, 1.54) is 24.3 Å². The molecule has 0 saturated carbocycles. The number of carbonyl (C=O) groups is 1. The number of aromatic amines is 1. The normalized spacial score (nSPS) is 10.3. The summed E-state index contributed by atoms with van der Waals surface area (Å²) >= 11 is 0. The van der Waals surface area contributed by atoms with Gasteiger partial charge in [0.2, 0.25) is 0 Å². The average Bonchev–Trinajstić information content (AvgIpc) is 2.98. The van der Waals surface area contributed by atoms with Crippen molar-refractivity contribution in [2.24, 2.45) is 0 Å². The maximum atomic E-state index is 12.9. The Balaban J connectivity index is 1.88. The minimum absolute atomic E-state index is 0.137. The van der Waals surface area contributed by atoms with Gasteiger partial charge in [-0.3, -0.25) is 9.78 Å². The van der Waals surface area contributed by atoms with Gasteiger partial charge in [-0.15, -0.1) is 0 Å². The lowest BCUT2D eigenvalue weighted by atomic mass is 10.1. The molecule has 7 heteroatoms. The molecule has 1 amide bonds. The number of H-pyrrole nitrogens is 1. The van der Waals surface area contributed by atoms with Gasteiger partial charge in [-0.25, -0.2) is 4.39 Å². The highest BCUT2D eigenvalue weighted by atomic mass is 19.1. The maximum absolute atomic E-state index is 12.9. The molecule has 21 heavy (non-hydrogen) atoms. The van der Waals surface area contributed by atoms with Crippen molar-refractivity contribution in [1.29, 1.82) is 0 Å². The van der Waals surface area contributed by atoms with Crippen LogP contribution in [-0.2, 0) is 0 Å². The molecule has 0 bridgehead atoms. The smallest absolute Gasteiger partial charge is 0.278 e. The van der Waals surface area contributed by atoms with E-state index in [2.05, 4.69) is 25.7 Å². The molecular weight excluding hydrogens is 273 g/mol. The van der Waals surface area contributed by atoms with Gasteiger partial charge in [0.05, 0.1) is 0 Å². The van der Waals surface area contributed by atoms with Crippen LogP contribution in [0.5, 0.6) is 0 Å². The fourth-order valence-electron chi connectivity index (χ4n) is 1.82. The lowest BCUT2D eigenvalue weighted by Gasteiger charge is -2.03. The van der Waals surface area contributed by atoms with Gasteiger partial charge in [-0.1, -0.05) is 0 Å². The fraction of sp³-hybridized carbons (Fsp3) is 0. The Morgan fingerprint density at radius 2 is 1.76 bits per heavy atom. The van der Waals surface area contributed by atoms with Crippen LogP contribution < -0.4 is 5.32 Å². The number of nitrogens with zero attached hydrogens (tertiary/aromatic N) is 3. The number of halogens is 1. The Morgan fingerprint density at radius 3 is 2.48 bits per heavy atom. The van der Waals surface area contributed by atoms with Crippen molar-refractivity contribution in [3.8, 4) is 11.3 Å². The molecule has 2 heterocycles. The van der Waals surface area contributed by atoms with Crippen molar-refractivity contribution in [3.63, 3.8) is 0 Å². The van der Waals surface area contributed by atoms with Crippen LogP contribution in [0, 0.1) is 5.82 Å². The molecule has 0 radical (unpaired) electrons. The Kier molecular flexibility index (Phi) is 3.38. The van der Waals surface area contributed by atoms with Gasteiger partial charge in [0.1, 0.15) is 11.5 Å². The second kappa shape index (κ2) is 5.49. The highest BCUT2D eigenvalue weighted by Gasteiger charge is 2.18. The molecule has 0 saturated heterocycles. The number of rotatable bonds is 3. The molecule has 0 aliphatic heterocycles. The molecule has 0 unspecified atom stereocenters. The van der Waals surface area contributed by atoms with Gasteiger partial charge in [-0.2, -0.15) is 15.4 Å². The molecule has 2 N–H and O–H groups in total. The Hall–Kier alpha value is -3.09. The zero-order valence-corrected chi connectivity index (χ0v) is 10.7. The second-order valence-electron chi connectivity index (χ2n) is 4.22. The fourth-order valence-corrected chi connectivity index (χ4v) is 1.82. The summed E-state index contributed by atoms with van der Waals surface area (Å²) in [6, 6.07) is 9.00. The van der Waals surface area contributed by atoms with Gasteiger partial charge < -0.3 is 5.32 Å². The molecule has 2 aromatic heterocycles. The van der Waals surface area contributed by atoms with Crippen LogP contribution in [0.2, 0.25) is 0 Å². The predicted octanol–water partition coefficient (Wildman–Crippen LogP) is 2.26. The van der Waals surface area contributed by atoms with Gasteiger partial charge in [0.15, 0.2) is 5.69 Å². The van der Waals surface area contributed by atoms with Crippen molar-refractivity contribution < 1.29 is 9.18 Å². The number of nitrogens with one attached hydrogen (secondary N) is 2. The Labute approximate surface area is 119 Å². The van der Waals surface area contributed by atoms with Crippen LogP contribution in [0.25, 0.3) is 11.3 Å². The summed E-state index contributed by atoms with van der Waals surface area (Å²) in [5.41, 5.74) is 1.70. The summed E-state index contributed by atoms with van der Waals surface area (Å²) in [6.07, 6.45) is 3.14. The molecule has 3 aromatic rings. The van der Waals surface area contributed by atoms with E-state index in [-0.39, 0.29) is 11.5 Å². The van der Waals surface area contributed by atoms with E-state index in [0.717, 1.165) is 0 Å². The zero-order chi connectivity index (χ0) is 14.7. The van der Waals surface area contributed by atoms with Crippen LogP contribution in [-0.4, -0.2) is 26.3 Å². The van der Waals surface area contributed by atoms with Gasteiger partial charge >= 0.3 is 0 Å². The molecule has 1 aromatic carbocycles. The van der Waals surface area contributed by atoms with Crippen LogP contribution in [0.15, 0.2) is 48.8 Å². The van der Waals surface area contributed by atoms with Crippen LogP contribution >= 0.6 is 0 Å². The molecule has 0 fully saturated rings. The molecule has 0 spiro atoms. The van der Waals surface area contributed by atoms with Gasteiger partial charge in [-0.05, 0) is 36.4 Å². The van der Waals surface area contributed by atoms with E-state index < -0.39 is 5.91 Å². The summed E-state index contributed by atoms with van der Waals surface area (Å²) < 4.78 is 12.9. The number of amides is 1. The van der Waals surface area contributed by atoms with E-state index in [1.807, 2.05) is 0 Å². The van der Waals surface area contributed by atoms with E-state index >= 15 is 0 Å². The summed E-state index contributed by atoms with van der Waals surface area (Å²) in [5.74, 6) is -0.765. The first-order chi connectivity index (χ1) is 10.2. The van der Waals surface area contributed by atoms with Crippen LogP contribution in [0.3, 0.4) is 0 Å². The average molecular weight is 283 g/mol. The molecule has 0 aliphatic carbocycles. The van der Waals surface area contributed by atoms with Crippen molar-refractivity contribution in [1.82, 2.24) is 20.4 Å². The molecule has 104 valence electrons. The quantitative estimate of drug-likeness (QED) is 0.772. The van der Waals surface area contributed by atoms with E-state index in [4.69, 9.17) is 0 Å². The molecule has 3 rings (SSSR count). The summed E-state index contributed by atoms with van der Waals surface area (Å²) in [6.45, 7) is 0. The maximum Gasteiger partial charge on any atom is 0.278 e. The summed E-state index contributed by atoms with van der Waals surface area (Å²) in [5, 5.41) is 12.9. The zero-order valence-electron chi connectivity index (χ0n) is 10.7. The molecule has 0 atom stereocenters. The minimum atomic E-state index is -0.408. The number of aromatic nitrogens is 4. The third-order valence-corrected chi connectivity index (χ3v) is 2.82. The van der Waals surface area contributed by atoms with Crippen molar-refractivity contribution in [2.45, 2.75) is 0 Å². The van der Waals surface area contributed by atoms with E-state index in [0.29, 0.717) is 16.9 Å². The highest BCUT2D eigenvalue weighted by Crippen LogP contribution is 2.20. The Morgan fingerprint density at radius 1 is 1.05 bits per heavy atom. The third-order valence-electron chi connectivity index (χ3n) is 2.82. The number of benzene rings is 1. The predicted molar refractivity (Wildman–Crippen MR) is 74.0 cm³/mol. The molecule has 0 aliphatic rings. The second-order valence-corrected chi connectivity index (χ2v) is 4.22. The first kappa shape index (κ1) is 12.9. The highest BCUT2D eigenvalue weighted by molar-refractivity contribution is 6.06. The number of pyridine rings is 1. The van der Waals surface area contributed by atoms with Crippen LogP contribution in [0.1, 0.15) is 10.5 Å². The number of carbonyl (C=O) groups excluding carboxylic acids is 1. The lowest BCUT2D eigenvalue weighted by molar-refractivity contribution is 0.102. The number of anilines is 1. The monoisotopic (exact) mass is 283 g/mol. The SMILES string of the molecule is O=C(Nc1ccncc1)c1n[nH]nc1-c1ccc(F)cc1. The third kappa shape index (κ3) is 2.76. The van der Waals surface area contributed by atoms with Crippen molar-refractivity contribution >= 4 is 11.6 Å². The summed E-state index contributed by atoms with van der Waals surface area (Å²) in [7, 11) is 0. The molecule has 6 nitrogen and oxygen atoms in total. The standard InChI is InChI=1S/C14H10FN5O/c15-10-3-1-9(2-4-10)12-13(19-20-18-12)14(21)17-11-5-7-16-8-6-11/h1-8H,(H,16,17,21)(H,18,19,20). The van der Waals surface area contributed by atoms with Crippen molar-refractivity contribution in [2.75, 3.05) is 5.32 Å².